The highest BCUT2D eigenvalue weighted by Crippen LogP contribution is 2.24. The Morgan fingerprint density at radius 1 is 0.727 bits per heavy atom. The van der Waals surface area contributed by atoms with Crippen LogP contribution in [0.15, 0.2) is 48.5 Å². The normalized spacial score (nSPS) is 10.4. The lowest BCUT2D eigenvalue weighted by Crippen LogP contribution is -1.97. The fraction of sp³-hybridized carbons (Fsp3) is 0.368. The molecule has 2 rings (SSSR count). The lowest BCUT2D eigenvalue weighted by Gasteiger charge is -2.08. The molecule has 0 unspecified atom stereocenters. The molecule has 0 bridgehead atoms. The van der Waals surface area contributed by atoms with Gasteiger partial charge in [-0.1, -0.05) is 32.6 Å². The van der Waals surface area contributed by atoms with Gasteiger partial charge in [0.1, 0.15) is 17.2 Å². The van der Waals surface area contributed by atoms with Crippen LogP contribution in [0.5, 0.6) is 17.2 Å². The van der Waals surface area contributed by atoms with Crippen LogP contribution < -0.4 is 15.2 Å². The minimum absolute atomic E-state index is 0.732. The number of nitrogens with two attached hydrogens (primary N) is 1. The van der Waals surface area contributed by atoms with Crippen molar-refractivity contribution in [2.75, 3.05) is 12.3 Å². The summed E-state index contributed by atoms with van der Waals surface area (Å²) < 4.78 is 11.5. The largest absolute Gasteiger partial charge is 0.494 e. The van der Waals surface area contributed by atoms with E-state index in [9.17, 15) is 0 Å². The maximum absolute atomic E-state index is 5.75. The molecular formula is C19H25NO2. The van der Waals surface area contributed by atoms with E-state index in [4.69, 9.17) is 15.2 Å². The molecule has 0 saturated heterocycles. The first-order chi connectivity index (χ1) is 10.8. The van der Waals surface area contributed by atoms with Crippen LogP contribution in [0.4, 0.5) is 5.69 Å². The molecule has 0 aliphatic heterocycles. The second kappa shape index (κ2) is 8.98. The summed E-state index contributed by atoms with van der Waals surface area (Å²) in [5, 5.41) is 0. The Morgan fingerprint density at radius 2 is 1.27 bits per heavy atom. The number of anilines is 1. The van der Waals surface area contributed by atoms with Crippen molar-refractivity contribution in [3.63, 3.8) is 0 Å². The Kier molecular flexibility index (Phi) is 6.62. The molecule has 0 atom stereocenters. The second-order valence-electron chi connectivity index (χ2n) is 5.41. The van der Waals surface area contributed by atoms with Crippen LogP contribution in [-0.2, 0) is 0 Å². The Hall–Kier alpha value is -2.16. The van der Waals surface area contributed by atoms with Crippen molar-refractivity contribution in [1.29, 1.82) is 0 Å². The van der Waals surface area contributed by atoms with Gasteiger partial charge in [0, 0.05) is 5.69 Å². The van der Waals surface area contributed by atoms with Crippen LogP contribution in [-0.4, -0.2) is 6.61 Å². The quantitative estimate of drug-likeness (QED) is 0.497. The van der Waals surface area contributed by atoms with E-state index in [2.05, 4.69) is 6.92 Å². The standard InChI is InChI=1S/C19H25NO2/c1-2-3-4-5-6-15-21-17-11-13-19(14-12-17)22-18-9-7-16(20)8-10-18/h7-14H,2-6,15,20H2,1H3. The maximum Gasteiger partial charge on any atom is 0.127 e. The van der Waals surface area contributed by atoms with Crippen LogP contribution in [0.1, 0.15) is 39.0 Å². The average molecular weight is 299 g/mol. The van der Waals surface area contributed by atoms with Crippen molar-refractivity contribution in [3.05, 3.63) is 48.5 Å². The summed E-state index contributed by atoms with van der Waals surface area (Å²) in [7, 11) is 0. The highest BCUT2D eigenvalue weighted by Gasteiger charge is 1.99. The van der Waals surface area contributed by atoms with E-state index >= 15 is 0 Å². The molecule has 0 fully saturated rings. The summed E-state index contributed by atoms with van der Waals surface area (Å²) in [6.45, 7) is 3.01. The van der Waals surface area contributed by atoms with Gasteiger partial charge in [-0.3, -0.25) is 0 Å². The van der Waals surface area contributed by atoms with Gasteiger partial charge >= 0.3 is 0 Å². The van der Waals surface area contributed by atoms with Gasteiger partial charge in [-0.25, -0.2) is 0 Å². The maximum atomic E-state index is 5.75. The van der Waals surface area contributed by atoms with E-state index in [1.165, 1.54) is 25.7 Å². The number of unbranched alkanes of at least 4 members (excludes halogenated alkanes) is 4. The van der Waals surface area contributed by atoms with Crippen molar-refractivity contribution in [2.24, 2.45) is 0 Å². The molecule has 0 amide bonds. The first kappa shape index (κ1) is 16.2. The summed E-state index contributed by atoms with van der Waals surface area (Å²) >= 11 is 0. The number of nitrogen functional groups attached to an aromatic ring is 1. The molecule has 2 N–H and O–H groups in total. The highest BCUT2D eigenvalue weighted by molar-refractivity contribution is 5.43. The van der Waals surface area contributed by atoms with Crippen LogP contribution in [0.3, 0.4) is 0 Å². The summed E-state index contributed by atoms with van der Waals surface area (Å²) in [6.07, 6.45) is 6.25. The average Bonchev–Trinajstić information content (AvgIpc) is 2.54. The molecule has 2 aromatic carbocycles. The van der Waals surface area contributed by atoms with Crippen LogP contribution >= 0.6 is 0 Å². The van der Waals surface area contributed by atoms with Crippen molar-refractivity contribution in [1.82, 2.24) is 0 Å². The fourth-order valence-electron chi connectivity index (χ4n) is 2.17. The molecule has 3 nitrogen and oxygen atoms in total. The summed E-state index contributed by atoms with van der Waals surface area (Å²) in [6, 6.07) is 15.1. The van der Waals surface area contributed by atoms with Crippen molar-refractivity contribution < 1.29 is 9.47 Å². The van der Waals surface area contributed by atoms with Crippen LogP contribution in [0.2, 0.25) is 0 Å². The zero-order chi connectivity index (χ0) is 15.6. The Bertz CT molecular complexity index is 534. The second-order valence-corrected chi connectivity index (χ2v) is 5.41. The van der Waals surface area contributed by atoms with Gasteiger partial charge in [0.2, 0.25) is 0 Å². The number of benzene rings is 2. The van der Waals surface area contributed by atoms with Gasteiger partial charge in [0.25, 0.3) is 0 Å². The third-order valence-electron chi connectivity index (χ3n) is 3.46. The predicted octanol–water partition coefficient (Wildman–Crippen LogP) is 5.41. The molecule has 0 heterocycles. The number of rotatable bonds is 9. The topological polar surface area (TPSA) is 44.5 Å². The van der Waals surface area contributed by atoms with Gasteiger partial charge in [-0.15, -0.1) is 0 Å². The van der Waals surface area contributed by atoms with Crippen molar-refractivity contribution in [3.8, 4) is 17.2 Å². The molecule has 118 valence electrons. The molecule has 0 spiro atoms. The van der Waals surface area contributed by atoms with E-state index in [0.717, 1.165) is 36.0 Å². The van der Waals surface area contributed by atoms with Crippen molar-refractivity contribution in [2.45, 2.75) is 39.0 Å². The molecule has 22 heavy (non-hydrogen) atoms. The lowest BCUT2D eigenvalue weighted by molar-refractivity contribution is 0.304. The van der Waals surface area contributed by atoms with Crippen LogP contribution in [0, 0.1) is 0 Å². The van der Waals surface area contributed by atoms with E-state index < -0.39 is 0 Å². The number of hydrogen-bond donors (Lipinski definition) is 1. The third-order valence-corrected chi connectivity index (χ3v) is 3.46. The minimum atomic E-state index is 0.732. The van der Waals surface area contributed by atoms with Crippen molar-refractivity contribution >= 4 is 5.69 Å². The monoisotopic (exact) mass is 299 g/mol. The summed E-state index contributed by atoms with van der Waals surface area (Å²) in [5.41, 5.74) is 6.38. The van der Waals surface area contributed by atoms with Gasteiger partial charge in [0.05, 0.1) is 6.61 Å². The molecule has 2 aromatic rings. The first-order valence-electron chi connectivity index (χ1n) is 8.04. The molecule has 0 aliphatic carbocycles. The van der Waals surface area contributed by atoms with Crippen LogP contribution in [0.25, 0.3) is 0 Å². The molecule has 0 saturated carbocycles. The summed E-state index contributed by atoms with van der Waals surface area (Å²) in [4.78, 5) is 0. The molecule has 0 aliphatic rings. The zero-order valence-electron chi connectivity index (χ0n) is 13.3. The third kappa shape index (κ3) is 5.68. The van der Waals surface area contributed by atoms with E-state index in [1.807, 2.05) is 48.5 Å². The SMILES string of the molecule is CCCCCCCOc1ccc(Oc2ccc(N)cc2)cc1. The van der Waals surface area contributed by atoms with Gasteiger partial charge in [0.15, 0.2) is 0 Å². The number of hydrogen-bond acceptors (Lipinski definition) is 3. The predicted molar refractivity (Wildman–Crippen MR) is 91.6 cm³/mol. The lowest BCUT2D eigenvalue weighted by atomic mass is 10.2. The molecule has 3 heteroatoms. The Morgan fingerprint density at radius 3 is 1.91 bits per heavy atom. The Balaban J connectivity index is 1.74. The molecule has 0 radical (unpaired) electrons. The molecular weight excluding hydrogens is 274 g/mol. The minimum Gasteiger partial charge on any atom is -0.494 e. The van der Waals surface area contributed by atoms with Gasteiger partial charge < -0.3 is 15.2 Å². The Labute approximate surface area is 133 Å². The highest BCUT2D eigenvalue weighted by atomic mass is 16.5. The molecule has 0 aromatic heterocycles. The van der Waals surface area contributed by atoms with Gasteiger partial charge in [-0.05, 0) is 55.0 Å². The van der Waals surface area contributed by atoms with E-state index in [1.54, 1.807) is 0 Å². The zero-order valence-corrected chi connectivity index (χ0v) is 13.3. The van der Waals surface area contributed by atoms with E-state index in [-0.39, 0.29) is 0 Å². The number of ether oxygens (including phenoxy) is 2. The first-order valence-corrected chi connectivity index (χ1v) is 8.04. The van der Waals surface area contributed by atoms with Gasteiger partial charge in [-0.2, -0.15) is 0 Å². The fourth-order valence-corrected chi connectivity index (χ4v) is 2.17. The smallest absolute Gasteiger partial charge is 0.127 e. The van der Waals surface area contributed by atoms with E-state index in [0.29, 0.717) is 0 Å². The summed E-state index contributed by atoms with van der Waals surface area (Å²) in [5.74, 6) is 2.46.